The van der Waals surface area contributed by atoms with Crippen molar-refractivity contribution in [3.05, 3.63) is 0 Å². The zero-order chi connectivity index (χ0) is 17.8. The summed E-state index contributed by atoms with van der Waals surface area (Å²) in [4.78, 5) is 0. The van der Waals surface area contributed by atoms with Crippen LogP contribution in [-0.2, 0) is 9.47 Å². The molecule has 1 atom stereocenters. The van der Waals surface area contributed by atoms with E-state index in [0.717, 1.165) is 30.8 Å². The molecule has 0 amide bonds. The highest BCUT2D eigenvalue weighted by atomic mass is 16.5. The topological polar surface area (TPSA) is 42.5 Å². The van der Waals surface area contributed by atoms with Crippen LogP contribution in [0, 0.1) is 11.3 Å². The normalized spacial score (nSPS) is 14.2. The van der Waals surface area contributed by atoms with E-state index in [-0.39, 0.29) is 0 Å². The standard InChI is InChI=1S/C18H42N3O2/c1-8-21(6,7)16-23-12-11-22-15-20-13-17(2)9-10-18(3,4)14-19-5/h17,19-20H,8-16H2,1-7H3/q+1. The third-order valence-corrected chi connectivity index (χ3v) is 4.34. The van der Waals surface area contributed by atoms with Crippen LogP contribution in [0.4, 0.5) is 0 Å². The SMILES string of the molecule is CC[N+](C)(C)COCCOCNCC(C)CCC(C)(C)CNC. The molecule has 1 unspecified atom stereocenters. The predicted molar refractivity (Wildman–Crippen MR) is 98.4 cm³/mol. The van der Waals surface area contributed by atoms with E-state index in [2.05, 4.69) is 52.4 Å². The first-order valence-corrected chi connectivity index (χ1v) is 9.05. The van der Waals surface area contributed by atoms with Crippen molar-refractivity contribution in [2.75, 3.05) is 67.5 Å². The molecule has 0 aromatic carbocycles. The Labute approximate surface area is 144 Å². The van der Waals surface area contributed by atoms with Crippen molar-refractivity contribution in [3.63, 3.8) is 0 Å². The van der Waals surface area contributed by atoms with E-state index in [0.29, 0.717) is 31.3 Å². The minimum atomic E-state index is 0.377. The molecular formula is C18H42N3O2+. The maximum atomic E-state index is 5.63. The quantitative estimate of drug-likeness (QED) is 0.274. The van der Waals surface area contributed by atoms with Gasteiger partial charge in [0.05, 0.1) is 40.6 Å². The molecule has 0 bridgehead atoms. The van der Waals surface area contributed by atoms with E-state index in [1.807, 2.05) is 7.05 Å². The predicted octanol–water partition coefficient (Wildman–Crippen LogP) is 2.28. The number of ether oxygens (including phenoxy) is 2. The molecule has 0 aromatic rings. The molecule has 0 aliphatic carbocycles. The van der Waals surface area contributed by atoms with Gasteiger partial charge in [0, 0.05) is 0 Å². The molecule has 0 saturated heterocycles. The van der Waals surface area contributed by atoms with Gasteiger partial charge in [-0.2, -0.15) is 0 Å². The molecule has 0 radical (unpaired) electrons. The molecule has 0 aliphatic rings. The van der Waals surface area contributed by atoms with E-state index >= 15 is 0 Å². The number of nitrogens with zero attached hydrogens (tertiary/aromatic N) is 1. The molecule has 5 nitrogen and oxygen atoms in total. The molecule has 0 aliphatic heterocycles. The van der Waals surface area contributed by atoms with E-state index < -0.39 is 0 Å². The van der Waals surface area contributed by atoms with Gasteiger partial charge in [-0.05, 0) is 51.2 Å². The monoisotopic (exact) mass is 332 g/mol. The van der Waals surface area contributed by atoms with Crippen LogP contribution in [0.5, 0.6) is 0 Å². The Bertz CT molecular complexity index is 283. The summed E-state index contributed by atoms with van der Waals surface area (Å²) in [6, 6.07) is 0. The Morgan fingerprint density at radius 2 is 1.78 bits per heavy atom. The number of rotatable bonds is 15. The van der Waals surface area contributed by atoms with Crippen LogP contribution < -0.4 is 10.6 Å². The molecule has 0 heterocycles. The molecule has 0 fully saturated rings. The summed E-state index contributed by atoms with van der Waals surface area (Å²) in [6.45, 7) is 15.0. The van der Waals surface area contributed by atoms with Gasteiger partial charge in [-0.25, -0.2) is 0 Å². The van der Waals surface area contributed by atoms with Crippen LogP contribution in [0.3, 0.4) is 0 Å². The first kappa shape index (κ1) is 22.8. The van der Waals surface area contributed by atoms with E-state index in [9.17, 15) is 0 Å². The molecular weight excluding hydrogens is 290 g/mol. The molecule has 2 N–H and O–H groups in total. The van der Waals surface area contributed by atoms with Gasteiger partial charge in [0.15, 0.2) is 6.73 Å². The summed E-state index contributed by atoms with van der Waals surface area (Å²) < 4.78 is 12.1. The summed E-state index contributed by atoms with van der Waals surface area (Å²) in [6.07, 6.45) is 2.49. The molecule has 0 rings (SSSR count). The van der Waals surface area contributed by atoms with Crippen molar-refractivity contribution >= 4 is 0 Å². The van der Waals surface area contributed by atoms with Gasteiger partial charge in [0.25, 0.3) is 0 Å². The molecule has 0 spiro atoms. The van der Waals surface area contributed by atoms with E-state index in [1.54, 1.807) is 0 Å². The fraction of sp³-hybridized carbons (Fsp3) is 1.00. The van der Waals surface area contributed by atoms with Gasteiger partial charge >= 0.3 is 0 Å². The van der Waals surface area contributed by atoms with Crippen LogP contribution in [0.2, 0.25) is 0 Å². The Hall–Kier alpha value is -0.200. The van der Waals surface area contributed by atoms with Gasteiger partial charge in [0.1, 0.15) is 0 Å². The van der Waals surface area contributed by atoms with Gasteiger partial charge < -0.3 is 19.3 Å². The number of hydrogen-bond acceptors (Lipinski definition) is 4. The lowest BCUT2D eigenvalue weighted by molar-refractivity contribution is -0.908. The highest BCUT2D eigenvalue weighted by Crippen LogP contribution is 2.23. The zero-order valence-electron chi connectivity index (χ0n) is 16.7. The Balaban J connectivity index is 3.47. The second-order valence-electron chi connectivity index (χ2n) is 8.13. The second kappa shape index (κ2) is 12.2. The van der Waals surface area contributed by atoms with E-state index in [1.165, 1.54) is 12.8 Å². The lowest BCUT2D eigenvalue weighted by Gasteiger charge is -2.27. The number of quaternary nitrogens is 1. The highest BCUT2D eigenvalue weighted by Gasteiger charge is 2.17. The van der Waals surface area contributed by atoms with Crippen LogP contribution in [0.15, 0.2) is 0 Å². The summed E-state index contributed by atoms with van der Waals surface area (Å²) in [5, 5.41) is 6.65. The summed E-state index contributed by atoms with van der Waals surface area (Å²) in [5.41, 5.74) is 0.377. The summed E-state index contributed by atoms with van der Waals surface area (Å²) in [7, 11) is 6.36. The van der Waals surface area contributed by atoms with Crippen LogP contribution >= 0.6 is 0 Å². The van der Waals surface area contributed by atoms with Gasteiger partial charge in [-0.3, -0.25) is 5.32 Å². The third-order valence-electron chi connectivity index (χ3n) is 4.34. The highest BCUT2D eigenvalue weighted by molar-refractivity contribution is 4.72. The Morgan fingerprint density at radius 1 is 1.13 bits per heavy atom. The van der Waals surface area contributed by atoms with Gasteiger partial charge in [-0.1, -0.05) is 20.8 Å². The Kier molecular flexibility index (Phi) is 12.1. The molecule has 140 valence electrons. The van der Waals surface area contributed by atoms with Crippen molar-refractivity contribution in [3.8, 4) is 0 Å². The smallest absolute Gasteiger partial charge is 0.182 e. The van der Waals surface area contributed by atoms with Crippen molar-refractivity contribution in [2.45, 2.75) is 40.5 Å². The first-order valence-electron chi connectivity index (χ1n) is 9.05. The largest absolute Gasteiger partial charge is 0.364 e. The van der Waals surface area contributed by atoms with Crippen molar-refractivity contribution in [2.24, 2.45) is 11.3 Å². The Morgan fingerprint density at radius 3 is 2.39 bits per heavy atom. The number of nitrogens with one attached hydrogen (secondary N) is 2. The van der Waals surface area contributed by atoms with Crippen molar-refractivity contribution in [1.82, 2.24) is 10.6 Å². The summed E-state index contributed by atoms with van der Waals surface area (Å²) in [5.74, 6) is 0.675. The average Bonchev–Trinajstić information content (AvgIpc) is 2.48. The van der Waals surface area contributed by atoms with Crippen LogP contribution in [-0.4, -0.2) is 71.9 Å². The summed E-state index contributed by atoms with van der Waals surface area (Å²) >= 11 is 0. The number of hydrogen-bond donors (Lipinski definition) is 2. The lowest BCUT2D eigenvalue weighted by Crippen LogP contribution is -2.41. The maximum Gasteiger partial charge on any atom is 0.182 e. The van der Waals surface area contributed by atoms with E-state index in [4.69, 9.17) is 9.47 Å². The van der Waals surface area contributed by atoms with Gasteiger partial charge in [0.2, 0.25) is 0 Å². The molecule has 0 saturated carbocycles. The van der Waals surface area contributed by atoms with Crippen LogP contribution in [0.25, 0.3) is 0 Å². The molecule has 5 heteroatoms. The third kappa shape index (κ3) is 13.9. The lowest BCUT2D eigenvalue weighted by atomic mass is 9.85. The maximum absolute atomic E-state index is 5.63. The zero-order valence-corrected chi connectivity index (χ0v) is 16.7. The van der Waals surface area contributed by atoms with Crippen molar-refractivity contribution in [1.29, 1.82) is 0 Å². The van der Waals surface area contributed by atoms with Crippen LogP contribution in [0.1, 0.15) is 40.5 Å². The first-order chi connectivity index (χ1) is 10.7. The fourth-order valence-electron chi connectivity index (χ4n) is 2.28. The fourth-order valence-corrected chi connectivity index (χ4v) is 2.28. The molecule has 0 aromatic heterocycles. The average molecular weight is 333 g/mol. The minimum absolute atomic E-state index is 0.377. The molecule has 23 heavy (non-hydrogen) atoms. The second-order valence-corrected chi connectivity index (χ2v) is 8.13. The van der Waals surface area contributed by atoms with Gasteiger partial charge in [-0.15, -0.1) is 0 Å². The van der Waals surface area contributed by atoms with Crippen molar-refractivity contribution < 1.29 is 14.0 Å². The minimum Gasteiger partial charge on any atom is -0.364 e.